The van der Waals surface area contributed by atoms with E-state index in [2.05, 4.69) is 20.2 Å². The molecule has 3 heterocycles. The van der Waals surface area contributed by atoms with Crippen LogP contribution in [0.4, 0.5) is 24.5 Å². The second kappa shape index (κ2) is 10.5. The first kappa shape index (κ1) is 26.4. The van der Waals surface area contributed by atoms with Crippen LogP contribution in [0.3, 0.4) is 0 Å². The van der Waals surface area contributed by atoms with Crippen molar-refractivity contribution in [1.82, 2.24) is 9.97 Å². The molecule has 0 saturated carbocycles. The fourth-order valence-corrected chi connectivity index (χ4v) is 5.59. The monoisotopic (exact) mass is 545 g/mol. The van der Waals surface area contributed by atoms with E-state index in [4.69, 9.17) is 5.73 Å². The third-order valence-electron chi connectivity index (χ3n) is 6.85. The molecule has 5 rings (SSSR count). The van der Waals surface area contributed by atoms with Crippen LogP contribution in [0.25, 0.3) is 11.3 Å². The van der Waals surface area contributed by atoms with E-state index < -0.39 is 51.9 Å². The van der Waals surface area contributed by atoms with Crippen molar-refractivity contribution in [2.24, 2.45) is 5.73 Å². The Hall–Kier alpha value is -3.19. The summed E-state index contributed by atoms with van der Waals surface area (Å²) in [4.78, 5) is 23.5. The summed E-state index contributed by atoms with van der Waals surface area (Å²) in [6, 6.07) is 3.67. The number of nitrogens with zero attached hydrogens (tertiary/aromatic N) is 3. The zero-order chi connectivity index (χ0) is 27.1. The predicted octanol–water partition coefficient (Wildman–Crippen LogP) is 3.46. The minimum Gasteiger partial charge on any atom is -0.612 e. The van der Waals surface area contributed by atoms with Crippen LogP contribution in [0.2, 0.25) is 0 Å². The molecule has 1 saturated heterocycles. The summed E-state index contributed by atoms with van der Waals surface area (Å²) in [5.41, 5.74) is 6.96. The highest BCUT2D eigenvalue weighted by atomic mass is 32.2. The van der Waals surface area contributed by atoms with E-state index in [0.717, 1.165) is 48.4 Å². The van der Waals surface area contributed by atoms with Gasteiger partial charge in [-0.25, -0.2) is 18.2 Å². The molecule has 2 aromatic heterocycles. The first-order valence-electron chi connectivity index (χ1n) is 12.1. The Morgan fingerprint density at radius 2 is 1.95 bits per heavy atom. The molecule has 1 amide bonds. The lowest BCUT2D eigenvalue weighted by atomic mass is 10.0. The quantitative estimate of drug-likeness (QED) is 0.419. The maximum Gasteiger partial charge on any atom is 0.274 e. The van der Waals surface area contributed by atoms with Crippen molar-refractivity contribution in [2.45, 2.75) is 42.7 Å². The number of pyridine rings is 2. The molecule has 200 valence electrons. The highest BCUT2D eigenvalue weighted by Crippen LogP contribution is 2.41. The van der Waals surface area contributed by atoms with E-state index in [1.807, 2.05) is 0 Å². The van der Waals surface area contributed by atoms with Crippen LogP contribution in [0.5, 0.6) is 0 Å². The number of fused-ring (bicyclic) bond motifs is 1. The first-order chi connectivity index (χ1) is 18.1. The summed E-state index contributed by atoms with van der Waals surface area (Å²) >= 11 is -1.66. The minimum absolute atomic E-state index is 0.0508. The second-order valence-corrected chi connectivity index (χ2v) is 10.9. The molecule has 4 N–H and O–H groups in total. The van der Waals surface area contributed by atoms with Crippen molar-refractivity contribution in [3.8, 4) is 11.3 Å². The number of hydrogen-bond donors (Lipinski definition) is 3. The third kappa shape index (κ3) is 4.96. The fourth-order valence-electron chi connectivity index (χ4n) is 5.05. The van der Waals surface area contributed by atoms with Crippen molar-refractivity contribution >= 4 is 28.5 Å². The molecular weight excluding hydrogens is 519 g/mol. The highest BCUT2D eigenvalue weighted by Gasteiger charge is 2.31. The van der Waals surface area contributed by atoms with Gasteiger partial charge in [0, 0.05) is 36.8 Å². The number of nitrogens with one attached hydrogen (secondary N) is 1. The topological polar surface area (TPSA) is 127 Å². The van der Waals surface area contributed by atoms with Gasteiger partial charge >= 0.3 is 0 Å². The van der Waals surface area contributed by atoms with E-state index in [1.54, 1.807) is 0 Å². The number of benzene rings is 1. The van der Waals surface area contributed by atoms with E-state index >= 15 is 0 Å². The molecule has 8 nitrogen and oxygen atoms in total. The number of rotatable bonds is 5. The molecule has 3 aromatic rings. The average molecular weight is 546 g/mol. The molecule has 3 atom stereocenters. The maximum absolute atomic E-state index is 14.7. The second-order valence-electron chi connectivity index (χ2n) is 9.48. The Kier molecular flexibility index (Phi) is 7.32. The van der Waals surface area contributed by atoms with E-state index in [9.17, 15) is 27.6 Å². The maximum atomic E-state index is 14.7. The number of halogens is 3. The van der Waals surface area contributed by atoms with Crippen molar-refractivity contribution in [3.05, 3.63) is 64.9 Å². The summed E-state index contributed by atoms with van der Waals surface area (Å²) < 4.78 is 55.8. The van der Waals surface area contributed by atoms with Gasteiger partial charge in [0.15, 0.2) is 4.90 Å². The summed E-state index contributed by atoms with van der Waals surface area (Å²) in [7, 11) is 0. The molecule has 0 spiro atoms. The molecule has 2 aliphatic rings. The Morgan fingerprint density at radius 1 is 1.21 bits per heavy atom. The van der Waals surface area contributed by atoms with Gasteiger partial charge in [0.1, 0.15) is 35.1 Å². The highest BCUT2D eigenvalue weighted by molar-refractivity contribution is 7.90. The number of carbonyl (C=O) groups is 1. The van der Waals surface area contributed by atoms with Gasteiger partial charge in [-0.1, -0.05) is 0 Å². The minimum atomic E-state index is -1.66. The lowest BCUT2D eigenvalue weighted by Crippen LogP contribution is -2.43. The number of amides is 1. The van der Waals surface area contributed by atoms with Crippen molar-refractivity contribution in [1.29, 1.82) is 0 Å². The largest absolute Gasteiger partial charge is 0.612 e. The Morgan fingerprint density at radius 3 is 2.63 bits per heavy atom. The summed E-state index contributed by atoms with van der Waals surface area (Å²) in [6.07, 6.45) is 4.83. The lowest BCUT2D eigenvalue weighted by molar-refractivity contribution is 0.102. The van der Waals surface area contributed by atoms with Gasteiger partial charge in [-0.2, -0.15) is 0 Å². The smallest absolute Gasteiger partial charge is 0.274 e. The van der Waals surface area contributed by atoms with Gasteiger partial charge in [-0.3, -0.25) is 9.78 Å². The van der Waals surface area contributed by atoms with Crippen LogP contribution in [-0.4, -0.2) is 50.9 Å². The SMILES string of the molecule is C[S+]([O-])c1cc(F)c(-c2nc(C(=O)Nc3cnc4c(c3N3CCC[C@H](N)C3)CCC4O)ccc2F)c(F)c1. The first-order valence-corrected chi connectivity index (χ1v) is 13.7. The number of piperidine rings is 1. The molecule has 38 heavy (non-hydrogen) atoms. The van der Waals surface area contributed by atoms with Crippen LogP contribution in [0, 0.1) is 17.5 Å². The number of nitrogens with two attached hydrogens (primary N) is 1. The Balaban J connectivity index is 1.50. The number of aliphatic hydroxyl groups excluding tert-OH is 1. The molecular formula is C26H26F3N5O3S. The Labute approximate surface area is 220 Å². The van der Waals surface area contributed by atoms with Crippen LogP contribution >= 0.6 is 0 Å². The lowest BCUT2D eigenvalue weighted by Gasteiger charge is -2.35. The molecule has 0 bridgehead atoms. The third-order valence-corrected chi connectivity index (χ3v) is 7.75. The van der Waals surface area contributed by atoms with E-state index in [1.165, 1.54) is 12.5 Å². The van der Waals surface area contributed by atoms with Gasteiger partial charge in [0.2, 0.25) is 0 Å². The average Bonchev–Trinajstić information content (AvgIpc) is 3.24. The van der Waals surface area contributed by atoms with Crippen LogP contribution < -0.4 is 16.0 Å². The standard InChI is InChI=1S/C26H26F3N5O3S/c1-38(37)14-9-17(28)22(18(29)10-14)24-16(27)5-6-19(32-24)26(36)33-20-11-31-23-15(4-7-21(23)35)25(20)34-8-2-3-13(30)12-34/h5-6,9-11,13,21,35H,2-4,7-8,12,30H2,1H3,(H,33,36)/t13-,21?,38?/m0/s1. The van der Waals surface area contributed by atoms with Crippen LogP contribution in [-0.2, 0) is 17.6 Å². The molecule has 1 aliphatic carbocycles. The summed E-state index contributed by atoms with van der Waals surface area (Å²) in [6.45, 7) is 1.27. The normalized spacial score (nSPS) is 19.8. The van der Waals surface area contributed by atoms with Crippen LogP contribution in [0.1, 0.15) is 47.1 Å². The molecule has 1 aromatic carbocycles. The molecule has 1 fully saturated rings. The number of carbonyl (C=O) groups excluding carboxylic acids is 1. The molecule has 12 heteroatoms. The van der Waals surface area contributed by atoms with Gasteiger partial charge in [0.25, 0.3) is 5.91 Å². The van der Waals surface area contributed by atoms with Gasteiger partial charge in [-0.05, 0) is 49.0 Å². The van der Waals surface area contributed by atoms with Crippen molar-refractivity contribution in [3.63, 3.8) is 0 Å². The van der Waals surface area contributed by atoms with Crippen LogP contribution in [0.15, 0.2) is 35.4 Å². The zero-order valence-electron chi connectivity index (χ0n) is 20.5. The van der Waals surface area contributed by atoms with Gasteiger partial charge < -0.3 is 25.6 Å². The fraction of sp³-hybridized carbons (Fsp3) is 0.346. The van der Waals surface area contributed by atoms with E-state index in [0.29, 0.717) is 37.3 Å². The zero-order valence-corrected chi connectivity index (χ0v) is 21.3. The predicted molar refractivity (Wildman–Crippen MR) is 137 cm³/mol. The van der Waals surface area contributed by atoms with Crippen molar-refractivity contribution in [2.75, 3.05) is 29.6 Å². The molecule has 2 unspecified atom stereocenters. The number of aromatic nitrogens is 2. The van der Waals surface area contributed by atoms with Crippen molar-refractivity contribution < 1.29 is 27.6 Å². The number of aliphatic hydroxyl groups is 1. The van der Waals surface area contributed by atoms with E-state index in [-0.39, 0.29) is 16.6 Å². The van der Waals surface area contributed by atoms with Gasteiger partial charge in [-0.15, -0.1) is 0 Å². The summed E-state index contributed by atoms with van der Waals surface area (Å²) in [5, 5.41) is 13.1. The van der Waals surface area contributed by atoms with Gasteiger partial charge in [0.05, 0.1) is 34.9 Å². The Bertz CT molecular complexity index is 1380. The molecule has 0 radical (unpaired) electrons. The summed E-state index contributed by atoms with van der Waals surface area (Å²) in [5.74, 6) is -4.06. The number of anilines is 2. The molecule has 1 aliphatic heterocycles. The number of hydrogen-bond acceptors (Lipinski definition) is 7.